The van der Waals surface area contributed by atoms with Gasteiger partial charge in [0.05, 0.1) is 6.54 Å². The van der Waals surface area contributed by atoms with Crippen molar-refractivity contribution in [1.29, 1.82) is 0 Å². The Labute approximate surface area is 115 Å². The summed E-state index contributed by atoms with van der Waals surface area (Å²) in [5, 5.41) is 10.5. The fourth-order valence-corrected chi connectivity index (χ4v) is 4.07. The lowest BCUT2D eigenvalue weighted by molar-refractivity contribution is -0.0960. The molecule has 2 N–H and O–H groups in total. The first-order valence-electron chi connectivity index (χ1n) is 5.20. The molecule has 1 aromatic rings. The minimum Gasteiger partial charge on any atom is -0.477 e. The van der Waals surface area contributed by atoms with Crippen LogP contribution < -0.4 is 4.72 Å². The van der Waals surface area contributed by atoms with E-state index in [2.05, 4.69) is 4.72 Å². The van der Waals surface area contributed by atoms with Crippen LogP contribution in [0, 0.1) is 6.92 Å². The number of carbonyl (C=O) groups is 1. The van der Waals surface area contributed by atoms with E-state index in [1.165, 1.54) is 19.6 Å². The number of aromatic carboxylic acids is 1. The van der Waals surface area contributed by atoms with Crippen molar-refractivity contribution in [3.05, 3.63) is 15.8 Å². The Morgan fingerprint density at radius 1 is 1.47 bits per heavy atom. The monoisotopic (exact) mass is 309 g/mol. The second-order valence-corrected chi connectivity index (χ2v) is 6.22. The minimum absolute atomic E-state index is 0.107. The smallest absolute Gasteiger partial charge is 0.347 e. The number of carboxylic acid groups (broad SMARTS) is 1. The van der Waals surface area contributed by atoms with Gasteiger partial charge < -0.3 is 14.6 Å². The molecule has 9 heteroatoms. The molecule has 19 heavy (non-hydrogen) atoms. The molecule has 1 rings (SSSR count). The Bertz CT molecular complexity index is 546. The third kappa shape index (κ3) is 3.74. The van der Waals surface area contributed by atoms with E-state index in [1.54, 1.807) is 6.92 Å². The first-order valence-corrected chi connectivity index (χ1v) is 7.56. The summed E-state index contributed by atoms with van der Waals surface area (Å²) in [7, 11) is -1.17. The highest BCUT2D eigenvalue weighted by Crippen LogP contribution is 2.26. The molecule has 7 nitrogen and oxygen atoms in total. The predicted octanol–water partition coefficient (Wildman–Crippen LogP) is 0.652. The normalized spacial score (nSPS) is 12.0. The number of sulfonamides is 1. The van der Waals surface area contributed by atoms with Crippen LogP contribution in [-0.4, -0.2) is 46.5 Å². The van der Waals surface area contributed by atoms with E-state index in [1.807, 2.05) is 0 Å². The fourth-order valence-electron chi connectivity index (χ4n) is 1.43. The summed E-state index contributed by atoms with van der Waals surface area (Å²) in [4.78, 5) is 10.6. The maximum atomic E-state index is 12.1. The molecule has 0 aliphatic rings. The molecule has 0 unspecified atom stereocenters. The summed E-state index contributed by atoms with van der Waals surface area (Å²) in [6.07, 6.45) is -0.734. The van der Waals surface area contributed by atoms with Crippen molar-refractivity contribution < 1.29 is 27.8 Å². The van der Waals surface area contributed by atoms with Crippen LogP contribution in [-0.2, 0) is 19.5 Å². The number of ether oxygens (including phenoxy) is 2. The van der Waals surface area contributed by atoms with Gasteiger partial charge >= 0.3 is 5.97 Å². The number of hydrogen-bond acceptors (Lipinski definition) is 6. The van der Waals surface area contributed by atoms with Gasteiger partial charge in [0.15, 0.2) is 6.29 Å². The van der Waals surface area contributed by atoms with Crippen molar-refractivity contribution in [2.45, 2.75) is 18.1 Å². The lowest BCUT2D eigenvalue weighted by Gasteiger charge is -2.14. The molecular weight excluding hydrogens is 294 g/mol. The summed E-state index contributed by atoms with van der Waals surface area (Å²) in [6.45, 7) is 1.44. The average Bonchev–Trinajstić information content (AvgIpc) is 2.73. The molecule has 1 heterocycles. The van der Waals surface area contributed by atoms with Crippen LogP contribution in [0.2, 0.25) is 0 Å². The highest BCUT2D eigenvalue weighted by molar-refractivity contribution is 7.89. The first kappa shape index (κ1) is 16.1. The van der Waals surface area contributed by atoms with E-state index >= 15 is 0 Å². The van der Waals surface area contributed by atoms with Crippen LogP contribution in [0.4, 0.5) is 0 Å². The van der Waals surface area contributed by atoms with Gasteiger partial charge in [-0.1, -0.05) is 0 Å². The Balaban J connectivity index is 3.01. The van der Waals surface area contributed by atoms with Gasteiger partial charge in [0.2, 0.25) is 10.0 Å². The third-order valence-electron chi connectivity index (χ3n) is 2.35. The zero-order chi connectivity index (χ0) is 14.6. The average molecular weight is 309 g/mol. The zero-order valence-corrected chi connectivity index (χ0v) is 12.3. The summed E-state index contributed by atoms with van der Waals surface area (Å²) >= 11 is 0.876. The van der Waals surface area contributed by atoms with Gasteiger partial charge in [0, 0.05) is 14.2 Å². The van der Waals surface area contributed by atoms with Crippen molar-refractivity contribution in [3.63, 3.8) is 0 Å². The summed E-state index contributed by atoms with van der Waals surface area (Å²) in [6, 6.07) is 0. The van der Waals surface area contributed by atoms with E-state index in [0.717, 1.165) is 11.3 Å². The number of thiophene rings is 1. The van der Waals surface area contributed by atoms with Crippen LogP contribution in [0.15, 0.2) is 10.3 Å². The van der Waals surface area contributed by atoms with Crippen molar-refractivity contribution in [3.8, 4) is 0 Å². The molecular formula is C10H15NO6S2. The van der Waals surface area contributed by atoms with E-state index in [-0.39, 0.29) is 16.3 Å². The van der Waals surface area contributed by atoms with Crippen molar-refractivity contribution in [2.24, 2.45) is 0 Å². The maximum Gasteiger partial charge on any atom is 0.347 e. The quantitative estimate of drug-likeness (QED) is 0.717. The molecule has 0 aromatic carbocycles. The Hall–Kier alpha value is -1.00. The minimum atomic E-state index is -3.92. The van der Waals surface area contributed by atoms with E-state index < -0.39 is 22.3 Å². The number of nitrogens with one attached hydrogen (secondary N) is 1. The van der Waals surface area contributed by atoms with Gasteiger partial charge in [-0.15, -0.1) is 11.3 Å². The lowest BCUT2D eigenvalue weighted by Crippen LogP contribution is -2.34. The van der Waals surface area contributed by atoms with E-state index in [0.29, 0.717) is 5.56 Å². The zero-order valence-electron chi connectivity index (χ0n) is 10.7. The highest BCUT2D eigenvalue weighted by Gasteiger charge is 2.27. The molecule has 0 saturated heterocycles. The van der Waals surface area contributed by atoms with Crippen LogP contribution in [0.5, 0.6) is 0 Å². The van der Waals surface area contributed by atoms with Crippen molar-refractivity contribution >= 4 is 27.3 Å². The summed E-state index contributed by atoms with van der Waals surface area (Å²) < 4.78 is 36.2. The Morgan fingerprint density at radius 2 is 2.05 bits per heavy atom. The van der Waals surface area contributed by atoms with Gasteiger partial charge in [-0.2, -0.15) is 0 Å². The Morgan fingerprint density at radius 3 is 2.53 bits per heavy atom. The molecule has 0 radical (unpaired) electrons. The molecule has 0 fully saturated rings. The number of rotatable bonds is 7. The van der Waals surface area contributed by atoms with Gasteiger partial charge in [0.1, 0.15) is 9.77 Å². The van der Waals surface area contributed by atoms with Crippen LogP contribution in [0.3, 0.4) is 0 Å². The summed E-state index contributed by atoms with van der Waals surface area (Å²) in [5.74, 6) is -1.27. The van der Waals surface area contributed by atoms with Gasteiger partial charge in [-0.25, -0.2) is 17.9 Å². The largest absolute Gasteiger partial charge is 0.477 e. The number of methoxy groups -OCH3 is 2. The molecule has 0 atom stereocenters. The number of carboxylic acids is 1. The standard InChI is InChI=1S/C10H15NO6S2/c1-6-5-18-8(10(12)13)9(6)19(14,15)11-4-7(16-2)17-3/h5,7,11H,4H2,1-3H3,(H,12,13). The number of hydrogen-bond donors (Lipinski definition) is 2. The molecule has 108 valence electrons. The molecule has 0 saturated carbocycles. The molecule has 0 bridgehead atoms. The fraction of sp³-hybridized carbons (Fsp3) is 0.500. The Kier molecular flexibility index (Phi) is 5.44. The third-order valence-corrected chi connectivity index (χ3v) is 5.17. The van der Waals surface area contributed by atoms with Gasteiger partial charge in [0.25, 0.3) is 0 Å². The second kappa shape index (κ2) is 6.44. The van der Waals surface area contributed by atoms with Gasteiger partial charge in [-0.3, -0.25) is 0 Å². The molecule has 0 amide bonds. The molecule has 0 spiro atoms. The topological polar surface area (TPSA) is 102 Å². The highest BCUT2D eigenvalue weighted by atomic mass is 32.2. The SMILES string of the molecule is COC(CNS(=O)(=O)c1c(C)csc1C(=O)O)OC. The molecule has 0 aliphatic carbocycles. The second-order valence-electron chi connectivity index (χ2n) is 3.63. The molecule has 1 aromatic heterocycles. The van der Waals surface area contributed by atoms with Crippen LogP contribution in [0.25, 0.3) is 0 Å². The van der Waals surface area contributed by atoms with Crippen molar-refractivity contribution in [1.82, 2.24) is 4.72 Å². The first-order chi connectivity index (χ1) is 8.83. The van der Waals surface area contributed by atoms with Crippen LogP contribution >= 0.6 is 11.3 Å². The van der Waals surface area contributed by atoms with Crippen LogP contribution in [0.1, 0.15) is 15.2 Å². The lowest BCUT2D eigenvalue weighted by atomic mass is 10.3. The van der Waals surface area contributed by atoms with E-state index in [9.17, 15) is 13.2 Å². The van der Waals surface area contributed by atoms with Gasteiger partial charge in [-0.05, 0) is 17.9 Å². The predicted molar refractivity (Wildman–Crippen MR) is 69.0 cm³/mol. The number of aryl methyl sites for hydroxylation is 1. The van der Waals surface area contributed by atoms with Crippen molar-refractivity contribution in [2.75, 3.05) is 20.8 Å². The molecule has 0 aliphatic heterocycles. The van der Waals surface area contributed by atoms with E-state index in [4.69, 9.17) is 14.6 Å². The summed E-state index contributed by atoms with van der Waals surface area (Å²) in [5.41, 5.74) is 0.390. The maximum absolute atomic E-state index is 12.1.